The van der Waals surface area contributed by atoms with Crippen molar-refractivity contribution in [1.82, 2.24) is 4.98 Å². The van der Waals surface area contributed by atoms with Crippen LogP contribution < -0.4 is 5.32 Å². The van der Waals surface area contributed by atoms with Gasteiger partial charge in [-0.1, -0.05) is 35.3 Å². The van der Waals surface area contributed by atoms with Crippen molar-refractivity contribution >= 4 is 57.3 Å². The molecule has 1 amide bonds. The molecule has 0 aliphatic carbocycles. The molecular formula is C18H13Cl2FN2OS2. The fraction of sp³-hybridized carbons (Fsp3) is 0.111. The fourth-order valence-corrected chi connectivity index (χ4v) is 4.19. The zero-order valence-corrected chi connectivity index (χ0v) is 16.5. The van der Waals surface area contributed by atoms with E-state index in [0.29, 0.717) is 26.5 Å². The first kappa shape index (κ1) is 19.2. The molecule has 0 radical (unpaired) electrons. The van der Waals surface area contributed by atoms with E-state index in [1.54, 1.807) is 36.0 Å². The Bertz CT molecular complexity index is 916. The van der Waals surface area contributed by atoms with Crippen LogP contribution in [0.15, 0.2) is 47.8 Å². The lowest BCUT2D eigenvalue weighted by molar-refractivity contribution is 0.102. The van der Waals surface area contributed by atoms with Crippen molar-refractivity contribution < 1.29 is 9.18 Å². The van der Waals surface area contributed by atoms with Gasteiger partial charge in [-0.3, -0.25) is 10.1 Å². The lowest BCUT2D eigenvalue weighted by Crippen LogP contribution is -2.12. The number of benzene rings is 2. The maximum absolute atomic E-state index is 12.9. The van der Waals surface area contributed by atoms with Gasteiger partial charge in [0.2, 0.25) is 0 Å². The zero-order chi connectivity index (χ0) is 18.5. The van der Waals surface area contributed by atoms with Crippen LogP contribution in [-0.2, 0) is 11.5 Å². The molecule has 0 bridgehead atoms. The van der Waals surface area contributed by atoms with Crippen LogP contribution in [0.2, 0.25) is 10.0 Å². The highest BCUT2D eigenvalue weighted by Crippen LogP contribution is 2.25. The van der Waals surface area contributed by atoms with Gasteiger partial charge in [0.25, 0.3) is 5.91 Å². The third-order valence-corrected chi connectivity index (χ3v) is 5.79. The van der Waals surface area contributed by atoms with Crippen molar-refractivity contribution in [3.8, 4) is 0 Å². The second-order valence-electron chi connectivity index (χ2n) is 5.34. The zero-order valence-electron chi connectivity index (χ0n) is 13.3. The van der Waals surface area contributed by atoms with Crippen molar-refractivity contribution in [3.63, 3.8) is 0 Å². The summed E-state index contributed by atoms with van der Waals surface area (Å²) in [6, 6.07) is 11.2. The van der Waals surface area contributed by atoms with Gasteiger partial charge >= 0.3 is 0 Å². The molecule has 0 aliphatic rings. The molecule has 0 saturated carbocycles. The van der Waals surface area contributed by atoms with Crippen LogP contribution >= 0.6 is 46.3 Å². The number of aromatic nitrogens is 1. The number of anilines is 1. The number of amides is 1. The van der Waals surface area contributed by atoms with E-state index >= 15 is 0 Å². The number of hydrogen-bond acceptors (Lipinski definition) is 4. The molecule has 0 saturated heterocycles. The smallest absolute Gasteiger partial charge is 0.259 e. The summed E-state index contributed by atoms with van der Waals surface area (Å²) < 4.78 is 12.9. The SMILES string of the molecule is O=C(Nc1nc(CSCc2ccc(F)cc2)cs1)c1cc(Cl)ccc1Cl. The molecule has 0 atom stereocenters. The number of thiazole rings is 1. The van der Waals surface area contributed by atoms with E-state index in [2.05, 4.69) is 10.3 Å². The van der Waals surface area contributed by atoms with Crippen molar-refractivity contribution in [2.24, 2.45) is 0 Å². The quantitative estimate of drug-likeness (QED) is 0.504. The monoisotopic (exact) mass is 426 g/mol. The van der Waals surface area contributed by atoms with E-state index in [9.17, 15) is 9.18 Å². The normalized spacial score (nSPS) is 10.7. The number of hydrogen-bond donors (Lipinski definition) is 1. The van der Waals surface area contributed by atoms with Gasteiger partial charge in [0.1, 0.15) is 5.82 Å². The number of carbonyl (C=O) groups excluding carboxylic acids is 1. The number of carbonyl (C=O) groups is 1. The Hall–Kier alpha value is -1.60. The molecular weight excluding hydrogens is 414 g/mol. The van der Waals surface area contributed by atoms with E-state index < -0.39 is 0 Å². The molecule has 134 valence electrons. The molecule has 3 rings (SSSR count). The third-order valence-electron chi connectivity index (χ3n) is 3.38. The Morgan fingerprint density at radius 1 is 1.15 bits per heavy atom. The van der Waals surface area contributed by atoms with E-state index in [0.717, 1.165) is 17.0 Å². The van der Waals surface area contributed by atoms with Crippen LogP contribution in [0.3, 0.4) is 0 Å². The van der Waals surface area contributed by atoms with Crippen LogP contribution in [0, 0.1) is 5.82 Å². The highest BCUT2D eigenvalue weighted by molar-refractivity contribution is 7.97. The van der Waals surface area contributed by atoms with Gasteiger partial charge in [-0.05, 0) is 35.9 Å². The fourth-order valence-electron chi connectivity index (χ4n) is 2.12. The average molecular weight is 427 g/mol. The first-order chi connectivity index (χ1) is 12.5. The average Bonchev–Trinajstić information content (AvgIpc) is 3.06. The maximum Gasteiger partial charge on any atom is 0.259 e. The summed E-state index contributed by atoms with van der Waals surface area (Å²) in [5.74, 6) is 0.870. The van der Waals surface area contributed by atoms with Gasteiger partial charge in [-0.2, -0.15) is 11.8 Å². The molecule has 0 spiro atoms. The van der Waals surface area contributed by atoms with Crippen molar-refractivity contribution in [1.29, 1.82) is 0 Å². The number of nitrogens with one attached hydrogen (secondary N) is 1. The van der Waals surface area contributed by atoms with Crippen LogP contribution in [0.1, 0.15) is 21.6 Å². The van der Waals surface area contributed by atoms with Gasteiger partial charge in [-0.15, -0.1) is 11.3 Å². The standard InChI is InChI=1S/C18H13Cl2FN2OS2/c19-12-3-6-16(20)15(7-12)17(24)23-18-22-14(10-26-18)9-25-8-11-1-4-13(21)5-2-11/h1-7,10H,8-9H2,(H,22,23,24). The van der Waals surface area contributed by atoms with Crippen LogP contribution in [0.4, 0.5) is 9.52 Å². The van der Waals surface area contributed by atoms with Gasteiger partial charge in [0.15, 0.2) is 5.13 Å². The van der Waals surface area contributed by atoms with Crippen LogP contribution in [-0.4, -0.2) is 10.9 Å². The second-order valence-corrected chi connectivity index (χ2v) is 8.03. The van der Waals surface area contributed by atoms with Crippen LogP contribution in [0.25, 0.3) is 0 Å². The van der Waals surface area contributed by atoms with E-state index in [1.807, 2.05) is 5.38 Å². The predicted molar refractivity (Wildman–Crippen MR) is 108 cm³/mol. The Balaban J connectivity index is 1.55. The molecule has 26 heavy (non-hydrogen) atoms. The Labute approximate surface area is 168 Å². The molecule has 1 N–H and O–H groups in total. The predicted octanol–water partition coefficient (Wildman–Crippen LogP) is 6.27. The summed E-state index contributed by atoms with van der Waals surface area (Å²) in [7, 11) is 0. The molecule has 0 unspecified atom stereocenters. The lowest BCUT2D eigenvalue weighted by atomic mass is 10.2. The number of thioether (sulfide) groups is 1. The van der Waals surface area contributed by atoms with Gasteiger partial charge < -0.3 is 0 Å². The van der Waals surface area contributed by atoms with Gasteiger partial charge in [0, 0.05) is 21.9 Å². The number of nitrogens with zero attached hydrogens (tertiary/aromatic N) is 1. The lowest BCUT2D eigenvalue weighted by Gasteiger charge is -2.04. The van der Waals surface area contributed by atoms with Crippen LogP contribution in [0.5, 0.6) is 0 Å². The van der Waals surface area contributed by atoms with E-state index in [4.69, 9.17) is 23.2 Å². The highest BCUT2D eigenvalue weighted by Gasteiger charge is 2.13. The van der Waals surface area contributed by atoms with E-state index in [-0.39, 0.29) is 11.7 Å². The number of rotatable bonds is 6. The third kappa shape index (κ3) is 5.20. The molecule has 3 aromatic rings. The van der Waals surface area contributed by atoms with E-state index in [1.165, 1.54) is 29.5 Å². The van der Waals surface area contributed by atoms with Gasteiger partial charge in [-0.25, -0.2) is 9.37 Å². The molecule has 8 heteroatoms. The minimum atomic E-state index is -0.350. The Kier molecular flexibility index (Phi) is 6.53. The second kappa shape index (κ2) is 8.86. The maximum atomic E-state index is 12.9. The highest BCUT2D eigenvalue weighted by atomic mass is 35.5. The minimum Gasteiger partial charge on any atom is -0.298 e. The van der Waals surface area contributed by atoms with Gasteiger partial charge in [0.05, 0.1) is 16.3 Å². The molecule has 3 nitrogen and oxygen atoms in total. The molecule has 0 fully saturated rings. The first-order valence-corrected chi connectivity index (χ1v) is 10.3. The summed E-state index contributed by atoms with van der Waals surface area (Å²) in [4.78, 5) is 16.7. The number of halogens is 3. The molecule has 1 aromatic heterocycles. The molecule has 1 heterocycles. The van der Waals surface area contributed by atoms with Crippen molar-refractivity contribution in [2.75, 3.05) is 5.32 Å². The van der Waals surface area contributed by atoms with Crippen molar-refractivity contribution in [2.45, 2.75) is 11.5 Å². The minimum absolute atomic E-state index is 0.238. The summed E-state index contributed by atoms with van der Waals surface area (Å²) in [6.45, 7) is 0. The molecule has 2 aromatic carbocycles. The summed E-state index contributed by atoms with van der Waals surface area (Å²) >= 11 is 15.0. The Morgan fingerprint density at radius 2 is 1.92 bits per heavy atom. The van der Waals surface area contributed by atoms with Crippen molar-refractivity contribution in [3.05, 3.63) is 80.5 Å². The first-order valence-electron chi connectivity index (χ1n) is 7.54. The summed E-state index contributed by atoms with van der Waals surface area (Å²) in [6.07, 6.45) is 0. The summed E-state index contributed by atoms with van der Waals surface area (Å²) in [5.41, 5.74) is 2.23. The molecule has 0 aliphatic heterocycles. The summed E-state index contributed by atoms with van der Waals surface area (Å²) in [5, 5.41) is 5.91. The topological polar surface area (TPSA) is 42.0 Å². The largest absolute Gasteiger partial charge is 0.298 e. The Morgan fingerprint density at radius 3 is 2.69 bits per heavy atom.